The van der Waals surface area contributed by atoms with Crippen LogP contribution < -0.4 is 5.73 Å². The van der Waals surface area contributed by atoms with Crippen LogP contribution in [0.25, 0.3) is 0 Å². The van der Waals surface area contributed by atoms with Crippen molar-refractivity contribution < 1.29 is 13.2 Å². The Morgan fingerprint density at radius 3 is 2.58 bits per heavy atom. The smallest absolute Gasteiger partial charge is 0.258 e. The normalized spacial score (nSPS) is 10.4. The number of hydrogen-bond donors (Lipinski definition) is 2. The van der Waals surface area contributed by atoms with Gasteiger partial charge in [0.15, 0.2) is 0 Å². The Morgan fingerprint density at radius 1 is 1.50 bits per heavy atom. The summed E-state index contributed by atoms with van der Waals surface area (Å²) in [4.78, 5) is 11.6. The standard InChI is InChI=1S/C6H7NO3S2/c7-6(8)5-2-1-4(11-5)3-12(9)10/h1-2,12H,3H2,(H2,7,8). The average molecular weight is 205 g/mol. The van der Waals surface area contributed by atoms with E-state index in [0.717, 1.165) is 11.3 Å². The zero-order valence-electron chi connectivity index (χ0n) is 6.02. The Hall–Kier alpha value is -0.880. The van der Waals surface area contributed by atoms with E-state index < -0.39 is 16.6 Å². The van der Waals surface area contributed by atoms with Gasteiger partial charge in [-0.3, -0.25) is 4.79 Å². The van der Waals surface area contributed by atoms with Gasteiger partial charge in [0.25, 0.3) is 5.91 Å². The number of carbonyl (C=O) groups excluding carboxylic acids is 1. The predicted molar refractivity (Wildman–Crippen MR) is 46.9 cm³/mol. The number of primary amides is 1. The van der Waals surface area contributed by atoms with Crippen LogP contribution in [0.2, 0.25) is 0 Å². The lowest BCUT2D eigenvalue weighted by Crippen LogP contribution is -2.08. The molecule has 0 spiro atoms. The molecule has 2 N–H and O–H groups in total. The fourth-order valence-corrected chi connectivity index (χ4v) is 2.31. The lowest BCUT2D eigenvalue weighted by molar-refractivity contribution is 0.100. The van der Waals surface area contributed by atoms with E-state index >= 15 is 0 Å². The maximum Gasteiger partial charge on any atom is 0.258 e. The van der Waals surface area contributed by atoms with Gasteiger partial charge in [0.1, 0.15) is 10.7 Å². The lowest BCUT2D eigenvalue weighted by atomic mass is 10.4. The minimum absolute atomic E-state index is 0.0206. The quantitative estimate of drug-likeness (QED) is 0.680. The third-order valence-corrected chi connectivity index (χ3v) is 3.10. The van der Waals surface area contributed by atoms with Crippen LogP contribution in [0.1, 0.15) is 14.5 Å². The van der Waals surface area contributed by atoms with Gasteiger partial charge in [0, 0.05) is 4.88 Å². The van der Waals surface area contributed by atoms with Gasteiger partial charge in [-0.2, -0.15) is 0 Å². The number of nitrogens with two attached hydrogens (primary N) is 1. The molecule has 0 aromatic carbocycles. The maximum atomic E-state index is 10.6. The summed E-state index contributed by atoms with van der Waals surface area (Å²) in [6, 6.07) is 3.12. The van der Waals surface area contributed by atoms with Gasteiger partial charge in [-0.15, -0.1) is 11.3 Å². The summed E-state index contributed by atoms with van der Waals surface area (Å²) in [6.07, 6.45) is 0. The molecule has 1 heterocycles. The van der Waals surface area contributed by atoms with Gasteiger partial charge in [-0.1, -0.05) is 0 Å². The highest BCUT2D eigenvalue weighted by Crippen LogP contribution is 2.16. The Labute approximate surface area is 75.0 Å². The summed E-state index contributed by atoms with van der Waals surface area (Å²) in [5, 5.41) is 0. The van der Waals surface area contributed by atoms with Crippen LogP contribution in [0.4, 0.5) is 0 Å². The van der Waals surface area contributed by atoms with Crippen molar-refractivity contribution in [2.45, 2.75) is 5.75 Å². The molecule has 0 bridgehead atoms. The fraction of sp³-hybridized carbons (Fsp3) is 0.167. The number of amides is 1. The molecule has 12 heavy (non-hydrogen) atoms. The minimum atomic E-state index is -2.42. The molecule has 0 saturated heterocycles. The molecule has 1 amide bonds. The first kappa shape index (κ1) is 9.21. The highest BCUT2D eigenvalue weighted by molar-refractivity contribution is 7.71. The summed E-state index contributed by atoms with van der Waals surface area (Å²) < 4.78 is 20.6. The van der Waals surface area contributed by atoms with E-state index in [-0.39, 0.29) is 5.75 Å². The molecular formula is C6H7NO3S2. The van der Waals surface area contributed by atoms with Crippen LogP contribution in [0.5, 0.6) is 0 Å². The second-order valence-corrected chi connectivity index (χ2v) is 4.27. The molecule has 4 nitrogen and oxygen atoms in total. The van der Waals surface area contributed by atoms with Crippen molar-refractivity contribution in [2.24, 2.45) is 5.73 Å². The Morgan fingerprint density at radius 2 is 2.17 bits per heavy atom. The molecule has 1 rings (SSSR count). The van der Waals surface area contributed by atoms with Crippen molar-refractivity contribution >= 4 is 27.9 Å². The van der Waals surface area contributed by atoms with Crippen molar-refractivity contribution in [1.29, 1.82) is 0 Å². The second kappa shape index (κ2) is 3.68. The average Bonchev–Trinajstić information content (AvgIpc) is 2.34. The van der Waals surface area contributed by atoms with Crippen LogP contribution in [-0.4, -0.2) is 14.3 Å². The van der Waals surface area contributed by atoms with Crippen molar-refractivity contribution in [2.75, 3.05) is 0 Å². The third kappa shape index (κ3) is 2.31. The highest BCUT2D eigenvalue weighted by atomic mass is 32.2. The van der Waals surface area contributed by atoms with Crippen LogP contribution in [0, 0.1) is 0 Å². The SMILES string of the molecule is NC(=O)c1ccc(C[SH](=O)=O)s1. The summed E-state index contributed by atoms with van der Waals surface area (Å²) in [5.41, 5.74) is 4.98. The van der Waals surface area contributed by atoms with Gasteiger partial charge >= 0.3 is 0 Å². The van der Waals surface area contributed by atoms with Crippen LogP contribution in [0.15, 0.2) is 12.1 Å². The first-order valence-corrected chi connectivity index (χ1v) is 5.28. The summed E-state index contributed by atoms with van der Waals surface area (Å²) in [7, 11) is -2.42. The number of rotatable bonds is 3. The lowest BCUT2D eigenvalue weighted by Gasteiger charge is -1.84. The summed E-state index contributed by atoms with van der Waals surface area (Å²) >= 11 is 1.11. The van der Waals surface area contributed by atoms with Crippen molar-refractivity contribution in [3.8, 4) is 0 Å². The van der Waals surface area contributed by atoms with Gasteiger partial charge in [0.2, 0.25) is 0 Å². The number of hydrogen-bond acceptors (Lipinski definition) is 4. The Kier molecular flexibility index (Phi) is 2.83. The van der Waals surface area contributed by atoms with Crippen LogP contribution in [-0.2, 0) is 16.5 Å². The largest absolute Gasteiger partial charge is 0.365 e. The highest BCUT2D eigenvalue weighted by Gasteiger charge is 2.04. The molecule has 0 fully saturated rings. The number of carbonyl (C=O) groups is 1. The Balaban J connectivity index is 2.84. The van der Waals surface area contributed by atoms with E-state index in [4.69, 9.17) is 5.73 Å². The van der Waals surface area contributed by atoms with Gasteiger partial charge in [-0.25, -0.2) is 8.42 Å². The molecule has 0 atom stereocenters. The predicted octanol–water partition coefficient (Wildman–Crippen LogP) is -0.0416. The van der Waals surface area contributed by atoms with Crippen molar-refractivity contribution in [1.82, 2.24) is 0 Å². The van der Waals surface area contributed by atoms with Gasteiger partial charge in [-0.05, 0) is 12.1 Å². The monoisotopic (exact) mass is 205 g/mol. The van der Waals surface area contributed by atoms with Gasteiger partial charge in [0.05, 0.1) is 10.6 Å². The molecule has 0 aliphatic heterocycles. The van der Waals surface area contributed by atoms with E-state index in [2.05, 4.69) is 0 Å². The molecule has 0 aliphatic rings. The van der Waals surface area contributed by atoms with Crippen molar-refractivity contribution in [3.63, 3.8) is 0 Å². The topological polar surface area (TPSA) is 77.2 Å². The van der Waals surface area contributed by atoms with E-state index in [1.807, 2.05) is 0 Å². The number of thiol groups is 1. The third-order valence-electron chi connectivity index (χ3n) is 1.19. The van der Waals surface area contributed by atoms with E-state index in [1.165, 1.54) is 6.07 Å². The minimum Gasteiger partial charge on any atom is -0.365 e. The summed E-state index contributed by atoms with van der Waals surface area (Å²) in [5.74, 6) is -0.542. The molecule has 0 unspecified atom stereocenters. The van der Waals surface area contributed by atoms with E-state index in [0.29, 0.717) is 9.75 Å². The van der Waals surface area contributed by atoms with E-state index in [1.54, 1.807) is 6.07 Å². The molecule has 66 valence electrons. The summed E-state index contributed by atoms with van der Waals surface area (Å²) in [6.45, 7) is 0. The fourth-order valence-electron chi connectivity index (χ4n) is 0.723. The van der Waals surface area contributed by atoms with E-state index in [9.17, 15) is 13.2 Å². The number of thiophene rings is 1. The maximum absolute atomic E-state index is 10.6. The van der Waals surface area contributed by atoms with Crippen molar-refractivity contribution in [3.05, 3.63) is 21.9 Å². The Bertz CT molecular complexity index is 359. The molecule has 1 aromatic rings. The van der Waals surface area contributed by atoms with Crippen LogP contribution in [0.3, 0.4) is 0 Å². The molecule has 0 radical (unpaired) electrons. The zero-order valence-corrected chi connectivity index (χ0v) is 7.73. The molecule has 1 aromatic heterocycles. The molecule has 0 aliphatic carbocycles. The first-order valence-electron chi connectivity index (χ1n) is 3.10. The van der Waals surface area contributed by atoms with Gasteiger partial charge < -0.3 is 5.73 Å². The van der Waals surface area contributed by atoms with Crippen LogP contribution >= 0.6 is 11.3 Å². The molecule has 0 saturated carbocycles. The first-order chi connectivity index (χ1) is 5.59. The second-order valence-electron chi connectivity index (χ2n) is 2.12. The zero-order chi connectivity index (χ0) is 9.14. The molecular weight excluding hydrogens is 198 g/mol. The molecule has 6 heteroatoms.